The fraction of sp³-hybridized carbons (Fsp3) is 0. The Hall–Kier alpha value is -0.0700. The molecule has 0 aliphatic heterocycles. The molecular weight excluding hydrogens is 316 g/mol. The van der Waals surface area contributed by atoms with Gasteiger partial charge in [-0.25, -0.2) is 9.78 Å². The fourth-order valence-electron chi connectivity index (χ4n) is 0.611. The molecule has 6 heteroatoms. The van der Waals surface area contributed by atoms with Crippen molar-refractivity contribution in [3.63, 3.8) is 0 Å². The van der Waals surface area contributed by atoms with Crippen LogP contribution in [0, 0.1) is 3.57 Å². The molecule has 0 amide bonds. The van der Waals surface area contributed by atoms with E-state index in [1.165, 1.54) is 6.07 Å². The van der Waals surface area contributed by atoms with Gasteiger partial charge in [-0.15, -0.1) is 0 Å². The third-order valence-corrected chi connectivity index (χ3v) is 2.99. The SMILES string of the molecule is O=C(O)c1nc(Cl)cc(Cl)c1I. The van der Waals surface area contributed by atoms with Crippen molar-refractivity contribution >= 4 is 51.8 Å². The summed E-state index contributed by atoms with van der Waals surface area (Å²) < 4.78 is 0.395. The highest BCUT2D eigenvalue weighted by atomic mass is 127. The van der Waals surface area contributed by atoms with E-state index in [0.717, 1.165) is 0 Å². The van der Waals surface area contributed by atoms with Crippen molar-refractivity contribution in [2.75, 3.05) is 0 Å². The second-order valence-corrected chi connectivity index (χ2v) is 3.77. The first-order valence-corrected chi connectivity index (χ1v) is 4.60. The predicted molar refractivity (Wildman–Crippen MR) is 53.9 cm³/mol. The average molecular weight is 318 g/mol. The van der Waals surface area contributed by atoms with Crippen LogP contribution in [0.15, 0.2) is 6.07 Å². The zero-order valence-electron chi connectivity index (χ0n) is 5.51. The first kappa shape index (κ1) is 10.0. The molecule has 1 rings (SSSR count). The van der Waals surface area contributed by atoms with Gasteiger partial charge in [0.15, 0.2) is 5.69 Å². The molecule has 0 saturated carbocycles. The van der Waals surface area contributed by atoms with Gasteiger partial charge in [0, 0.05) is 0 Å². The molecule has 0 aliphatic rings. The third kappa shape index (κ3) is 1.99. The Morgan fingerprint density at radius 2 is 2.17 bits per heavy atom. The lowest BCUT2D eigenvalue weighted by atomic mass is 10.3. The van der Waals surface area contributed by atoms with Crippen LogP contribution in [-0.4, -0.2) is 16.1 Å². The van der Waals surface area contributed by atoms with Gasteiger partial charge in [-0.3, -0.25) is 0 Å². The zero-order chi connectivity index (χ0) is 9.30. The summed E-state index contributed by atoms with van der Waals surface area (Å²) in [7, 11) is 0. The van der Waals surface area contributed by atoms with E-state index in [1.54, 1.807) is 22.6 Å². The lowest BCUT2D eigenvalue weighted by molar-refractivity contribution is 0.0689. The molecule has 0 saturated heterocycles. The molecular formula is C6H2Cl2INO2. The Balaban J connectivity index is 3.37. The van der Waals surface area contributed by atoms with E-state index in [4.69, 9.17) is 28.3 Å². The van der Waals surface area contributed by atoms with Crippen LogP contribution in [0.5, 0.6) is 0 Å². The molecule has 0 unspecified atom stereocenters. The van der Waals surface area contributed by atoms with E-state index in [9.17, 15) is 4.79 Å². The van der Waals surface area contributed by atoms with Crippen LogP contribution in [0.1, 0.15) is 10.5 Å². The van der Waals surface area contributed by atoms with Gasteiger partial charge < -0.3 is 5.11 Å². The predicted octanol–water partition coefficient (Wildman–Crippen LogP) is 2.69. The van der Waals surface area contributed by atoms with Crippen LogP contribution >= 0.6 is 45.8 Å². The number of aromatic carboxylic acids is 1. The van der Waals surface area contributed by atoms with Crippen molar-refractivity contribution in [2.24, 2.45) is 0 Å². The number of nitrogens with zero attached hydrogens (tertiary/aromatic N) is 1. The summed E-state index contributed by atoms with van der Waals surface area (Å²) in [6, 6.07) is 1.40. The Morgan fingerprint density at radius 3 is 2.67 bits per heavy atom. The maximum atomic E-state index is 10.5. The third-order valence-electron chi connectivity index (χ3n) is 1.08. The quantitative estimate of drug-likeness (QED) is 0.640. The summed E-state index contributed by atoms with van der Waals surface area (Å²) in [5.74, 6) is -1.14. The number of carboxylic acid groups (broad SMARTS) is 1. The van der Waals surface area contributed by atoms with Gasteiger partial charge in [-0.1, -0.05) is 23.2 Å². The largest absolute Gasteiger partial charge is 0.476 e. The molecule has 0 radical (unpaired) electrons. The van der Waals surface area contributed by atoms with E-state index >= 15 is 0 Å². The van der Waals surface area contributed by atoms with Crippen LogP contribution in [0.3, 0.4) is 0 Å². The molecule has 0 aromatic carbocycles. The van der Waals surface area contributed by atoms with Crippen molar-refractivity contribution in [1.82, 2.24) is 4.98 Å². The first-order chi connectivity index (χ1) is 5.52. The van der Waals surface area contributed by atoms with Crippen LogP contribution in [-0.2, 0) is 0 Å². The lowest BCUT2D eigenvalue weighted by Crippen LogP contribution is -2.03. The number of carbonyl (C=O) groups is 1. The minimum Gasteiger partial charge on any atom is -0.476 e. The minimum absolute atomic E-state index is 0.0813. The molecule has 0 fully saturated rings. The number of rotatable bonds is 1. The Morgan fingerprint density at radius 1 is 1.58 bits per heavy atom. The highest BCUT2D eigenvalue weighted by Crippen LogP contribution is 2.23. The molecule has 0 spiro atoms. The number of halogens is 3. The molecule has 64 valence electrons. The van der Waals surface area contributed by atoms with Gasteiger partial charge >= 0.3 is 5.97 Å². The van der Waals surface area contributed by atoms with Crippen LogP contribution in [0.2, 0.25) is 10.2 Å². The topological polar surface area (TPSA) is 50.2 Å². The zero-order valence-corrected chi connectivity index (χ0v) is 9.18. The highest BCUT2D eigenvalue weighted by Gasteiger charge is 2.13. The number of hydrogen-bond donors (Lipinski definition) is 1. The van der Waals surface area contributed by atoms with Gasteiger partial charge in [-0.05, 0) is 28.7 Å². The van der Waals surface area contributed by atoms with Crippen LogP contribution < -0.4 is 0 Å². The number of pyridine rings is 1. The van der Waals surface area contributed by atoms with Crippen molar-refractivity contribution in [3.8, 4) is 0 Å². The Kier molecular flexibility index (Phi) is 3.14. The maximum absolute atomic E-state index is 10.5. The summed E-state index contributed by atoms with van der Waals surface area (Å²) in [4.78, 5) is 14.1. The highest BCUT2D eigenvalue weighted by molar-refractivity contribution is 14.1. The second-order valence-electron chi connectivity index (χ2n) is 1.89. The summed E-state index contributed by atoms with van der Waals surface area (Å²) in [5, 5.41) is 9.01. The second kappa shape index (κ2) is 3.76. The van der Waals surface area contributed by atoms with E-state index in [-0.39, 0.29) is 10.8 Å². The summed E-state index contributed by atoms with van der Waals surface area (Å²) in [5.41, 5.74) is -0.117. The lowest BCUT2D eigenvalue weighted by Gasteiger charge is -2.00. The average Bonchev–Trinajstić information content (AvgIpc) is 1.96. The molecule has 1 N–H and O–H groups in total. The molecule has 3 nitrogen and oxygen atoms in total. The van der Waals surface area contributed by atoms with Crippen LogP contribution in [0.25, 0.3) is 0 Å². The summed E-state index contributed by atoms with van der Waals surface area (Å²) in [6.07, 6.45) is 0. The molecule has 1 heterocycles. The van der Waals surface area contributed by atoms with Gasteiger partial charge in [-0.2, -0.15) is 0 Å². The Labute approximate surface area is 91.8 Å². The monoisotopic (exact) mass is 317 g/mol. The van der Waals surface area contributed by atoms with Crippen molar-refractivity contribution in [1.29, 1.82) is 0 Å². The Bertz CT molecular complexity index is 343. The van der Waals surface area contributed by atoms with Gasteiger partial charge in [0.2, 0.25) is 0 Å². The van der Waals surface area contributed by atoms with E-state index in [2.05, 4.69) is 4.98 Å². The van der Waals surface area contributed by atoms with E-state index < -0.39 is 5.97 Å². The molecule has 1 aromatic rings. The van der Waals surface area contributed by atoms with Crippen molar-refractivity contribution in [3.05, 3.63) is 25.5 Å². The molecule has 0 atom stereocenters. The number of carboxylic acids is 1. The van der Waals surface area contributed by atoms with Crippen molar-refractivity contribution in [2.45, 2.75) is 0 Å². The molecule has 0 aliphatic carbocycles. The van der Waals surface area contributed by atoms with E-state index in [0.29, 0.717) is 8.59 Å². The fourth-order valence-corrected chi connectivity index (χ4v) is 1.56. The van der Waals surface area contributed by atoms with E-state index in [1.807, 2.05) is 0 Å². The first-order valence-electron chi connectivity index (χ1n) is 2.77. The van der Waals surface area contributed by atoms with Crippen LogP contribution in [0.4, 0.5) is 0 Å². The standard InChI is InChI=1S/C6H2Cl2INO2/c7-2-1-3(8)10-5(4(2)9)6(11)12/h1H,(H,11,12). The maximum Gasteiger partial charge on any atom is 0.355 e. The smallest absolute Gasteiger partial charge is 0.355 e. The minimum atomic E-state index is -1.14. The summed E-state index contributed by atoms with van der Waals surface area (Å²) in [6.45, 7) is 0. The molecule has 0 bridgehead atoms. The van der Waals surface area contributed by atoms with Gasteiger partial charge in [0.25, 0.3) is 0 Å². The normalized spacial score (nSPS) is 9.92. The van der Waals surface area contributed by atoms with Gasteiger partial charge in [0.1, 0.15) is 5.15 Å². The molecule has 12 heavy (non-hydrogen) atoms. The molecule has 1 aromatic heterocycles. The van der Waals surface area contributed by atoms with Crippen molar-refractivity contribution < 1.29 is 9.90 Å². The summed E-state index contributed by atoms with van der Waals surface area (Å²) >= 11 is 13.0. The number of hydrogen-bond acceptors (Lipinski definition) is 2. The number of aromatic nitrogens is 1. The van der Waals surface area contributed by atoms with Gasteiger partial charge in [0.05, 0.1) is 8.59 Å².